The average molecular weight is 389 g/mol. The summed E-state index contributed by atoms with van der Waals surface area (Å²) in [5.74, 6) is 1.65. The lowest BCUT2D eigenvalue weighted by atomic mass is 9.94. The minimum Gasteiger partial charge on any atom is -0.496 e. The van der Waals surface area contributed by atoms with Crippen LogP contribution in [0.1, 0.15) is 39.0 Å². The summed E-state index contributed by atoms with van der Waals surface area (Å²) in [4.78, 5) is 14.8. The van der Waals surface area contributed by atoms with Crippen LogP contribution in [-0.4, -0.2) is 51.0 Å². The number of methoxy groups -OCH3 is 1. The largest absolute Gasteiger partial charge is 0.496 e. The monoisotopic (exact) mass is 388 g/mol. The van der Waals surface area contributed by atoms with Gasteiger partial charge in [0.2, 0.25) is 5.91 Å². The average Bonchev–Trinajstić information content (AvgIpc) is 3.07. The van der Waals surface area contributed by atoms with Gasteiger partial charge in [-0.15, -0.1) is 10.2 Å². The summed E-state index contributed by atoms with van der Waals surface area (Å²) in [6, 6.07) is 8.11. The topological polar surface area (TPSA) is 60.3 Å². The summed E-state index contributed by atoms with van der Waals surface area (Å²) in [7, 11) is 5.51. The van der Waals surface area contributed by atoms with E-state index < -0.39 is 0 Å². The lowest BCUT2D eigenvalue weighted by molar-refractivity contribution is -0.131. The van der Waals surface area contributed by atoms with Gasteiger partial charge in [-0.1, -0.05) is 43.2 Å². The highest BCUT2D eigenvalue weighted by Crippen LogP contribution is 2.32. The van der Waals surface area contributed by atoms with Crippen LogP contribution < -0.4 is 4.74 Å². The summed E-state index contributed by atoms with van der Waals surface area (Å²) in [6.07, 6.45) is 5.95. The van der Waals surface area contributed by atoms with E-state index in [4.69, 9.17) is 4.74 Å². The molecular formula is C20H28N4O2S. The molecule has 27 heavy (non-hydrogen) atoms. The standard InChI is InChI=1S/C20H28N4O2S/c1-14(19(25)23(2)15-10-6-5-7-11-15)27-20-22-21-18(24(20)3)16-12-8-9-13-17(16)26-4/h8-9,12-15H,5-7,10-11H2,1-4H3. The van der Waals surface area contributed by atoms with Crippen LogP contribution in [0.5, 0.6) is 5.75 Å². The smallest absolute Gasteiger partial charge is 0.235 e. The molecule has 1 fully saturated rings. The van der Waals surface area contributed by atoms with Gasteiger partial charge in [-0.25, -0.2) is 0 Å². The Kier molecular flexibility index (Phi) is 6.42. The number of carbonyl (C=O) groups is 1. The first-order valence-corrected chi connectivity index (χ1v) is 10.4. The first kappa shape index (κ1) is 19.7. The first-order valence-electron chi connectivity index (χ1n) is 9.49. The zero-order valence-corrected chi connectivity index (χ0v) is 17.3. The van der Waals surface area contributed by atoms with Gasteiger partial charge < -0.3 is 14.2 Å². The number of thioether (sulfide) groups is 1. The van der Waals surface area contributed by atoms with Gasteiger partial charge in [0.1, 0.15) is 5.75 Å². The van der Waals surface area contributed by atoms with Gasteiger partial charge in [-0.3, -0.25) is 4.79 Å². The molecule has 1 unspecified atom stereocenters. The number of nitrogens with zero attached hydrogens (tertiary/aromatic N) is 4. The van der Waals surface area contributed by atoms with E-state index in [-0.39, 0.29) is 11.2 Å². The molecule has 0 spiro atoms. The Balaban J connectivity index is 1.72. The van der Waals surface area contributed by atoms with Crippen LogP contribution in [0.3, 0.4) is 0 Å². The quantitative estimate of drug-likeness (QED) is 0.705. The van der Waals surface area contributed by atoms with E-state index in [2.05, 4.69) is 10.2 Å². The fourth-order valence-electron chi connectivity index (χ4n) is 3.63. The van der Waals surface area contributed by atoms with Gasteiger partial charge in [0.15, 0.2) is 11.0 Å². The van der Waals surface area contributed by atoms with E-state index in [1.807, 2.05) is 54.8 Å². The van der Waals surface area contributed by atoms with Crippen molar-refractivity contribution < 1.29 is 9.53 Å². The molecule has 1 aromatic carbocycles. The van der Waals surface area contributed by atoms with E-state index in [9.17, 15) is 4.79 Å². The van der Waals surface area contributed by atoms with Gasteiger partial charge in [0.25, 0.3) is 0 Å². The van der Waals surface area contributed by atoms with Crippen molar-refractivity contribution in [2.45, 2.75) is 55.5 Å². The van der Waals surface area contributed by atoms with Crippen molar-refractivity contribution in [2.24, 2.45) is 7.05 Å². The van der Waals surface area contributed by atoms with E-state index >= 15 is 0 Å². The van der Waals surface area contributed by atoms with Crippen molar-refractivity contribution in [1.29, 1.82) is 0 Å². The van der Waals surface area contributed by atoms with Gasteiger partial charge in [0, 0.05) is 20.1 Å². The zero-order valence-electron chi connectivity index (χ0n) is 16.5. The Labute approximate surface area is 165 Å². The fourth-order valence-corrected chi connectivity index (χ4v) is 4.54. The summed E-state index contributed by atoms with van der Waals surface area (Å²) in [5, 5.41) is 9.17. The predicted octanol–water partition coefficient (Wildman–Crippen LogP) is 3.76. The molecule has 1 heterocycles. The van der Waals surface area contributed by atoms with Gasteiger partial charge in [-0.05, 0) is 31.9 Å². The second kappa shape index (κ2) is 8.78. The number of para-hydroxylation sites is 1. The number of aromatic nitrogens is 3. The van der Waals surface area contributed by atoms with Crippen molar-refractivity contribution in [3.05, 3.63) is 24.3 Å². The number of benzene rings is 1. The molecule has 1 atom stereocenters. The molecular weight excluding hydrogens is 360 g/mol. The first-order chi connectivity index (χ1) is 13.0. The molecule has 0 N–H and O–H groups in total. The number of hydrogen-bond acceptors (Lipinski definition) is 5. The number of ether oxygens (including phenoxy) is 1. The summed E-state index contributed by atoms with van der Waals surface area (Å²) < 4.78 is 7.36. The Morgan fingerprint density at radius 3 is 2.67 bits per heavy atom. The zero-order chi connectivity index (χ0) is 19.4. The van der Waals surface area contributed by atoms with Crippen LogP contribution >= 0.6 is 11.8 Å². The summed E-state index contributed by atoms with van der Waals surface area (Å²) in [5.41, 5.74) is 0.889. The normalized spacial score (nSPS) is 16.1. The highest BCUT2D eigenvalue weighted by Gasteiger charge is 2.27. The fraction of sp³-hybridized carbons (Fsp3) is 0.550. The number of carbonyl (C=O) groups excluding carboxylic acids is 1. The van der Waals surface area contributed by atoms with Crippen LogP contribution in [0.4, 0.5) is 0 Å². The van der Waals surface area contributed by atoms with Crippen LogP contribution in [0.2, 0.25) is 0 Å². The third-order valence-electron chi connectivity index (χ3n) is 5.28. The maximum Gasteiger partial charge on any atom is 0.235 e. The molecule has 1 aliphatic rings. The summed E-state index contributed by atoms with van der Waals surface area (Å²) in [6.45, 7) is 1.95. The predicted molar refractivity (Wildman–Crippen MR) is 108 cm³/mol. The minimum absolute atomic E-state index is 0.161. The van der Waals surface area contributed by atoms with Crippen LogP contribution in [-0.2, 0) is 11.8 Å². The molecule has 146 valence electrons. The van der Waals surface area contributed by atoms with E-state index in [1.165, 1.54) is 31.0 Å². The van der Waals surface area contributed by atoms with Gasteiger partial charge in [0.05, 0.1) is 17.9 Å². The highest BCUT2D eigenvalue weighted by molar-refractivity contribution is 8.00. The van der Waals surface area contributed by atoms with Gasteiger partial charge in [-0.2, -0.15) is 0 Å². The van der Waals surface area contributed by atoms with E-state index in [1.54, 1.807) is 7.11 Å². The van der Waals surface area contributed by atoms with Crippen molar-refractivity contribution in [3.8, 4) is 17.1 Å². The van der Waals surface area contributed by atoms with Crippen LogP contribution in [0.25, 0.3) is 11.4 Å². The second-order valence-corrected chi connectivity index (χ2v) is 8.37. The lowest BCUT2D eigenvalue weighted by Gasteiger charge is -2.32. The molecule has 6 nitrogen and oxygen atoms in total. The molecule has 1 saturated carbocycles. The maximum absolute atomic E-state index is 12.9. The van der Waals surface area contributed by atoms with Crippen molar-refractivity contribution in [3.63, 3.8) is 0 Å². The number of amides is 1. The molecule has 7 heteroatoms. The van der Waals surface area contributed by atoms with Crippen molar-refractivity contribution in [2.75, 3.05) is 14.2 Å². The maximum atomic E-state index is 12.9. The molecule has 0 aliphatic heterocycles. The molecule has 1 amide bonds. The summed E-state index contributed by atoms with van der Waals surface area (Å²) >= 11 is 1.46. The second-order valence-electron chi connectivity index (χ2n) is 7.07. The van der Waals surface area contributed by atoms with Crippen LogP contribution in [0, 0.1) is 0 Å². The number of rotatable bonds is 6. The molecule has 0 saturated heterocycles. The molecule has 1 aliphatic carbocycles. The molecule has 0 bridgehead atoms. The highest BCUT2D eigenvalue weighted by atomic mass is 32.2. The molecule has 3 rings (SSSR count). The Hall–Kier alpha value is -2.02. The molecule has 0 radical (unpaired) electrons. The van der Waals surface area contributed by atoms with E-state index in [0.717, 1.165) is 35.1 Å². The van der Waals surface area contributed by atoms with Crippen molar-refractivity contribution in [1.82, 2.24) is 19.7 Å². The Morgan fingerprint density at radius 1 is 1.26 bits per heavy atom. The molecule has 1 aromatic heterocycles. The van der Waals surface area contributed by atoms with Crippen molar-refractivity contribution >= 4 is 17.7 Å². The SMILES string of the molecule is COc1ccccc1-c1nnc(SC(C)C(=O)N(C)C2CCCCC2)n1C. The van der Waals surface area contributed by atoms with E-state index in [0.29, 0.717) is 6.04 Å². The Bertz CT molecular complexity index is 786. The minimum atomic E-state index is -0.203. The van der Waals surface area contributed by atoms with Crippen LogP contribution in [0.15, 0.2) is 29.4 Å². The molecule has 2 aromatic rings. The lowest BCUT2D eigenvalue weighted by Crippen LogP contribution is -2.42. The third-order valence-corrected chi connectivity index (χ3v) is 6.40. The Morgan fingerprint density at radius 2 is 1.96 bits per heavy atom. The van der Waals surface area contributed by atoms with Gasteiger partial charge >= 0.3 is 0 Å². The number of hydrogen-bond donors (Lipinski definition) is 0. The third kappa shape index (κ3) is 4.29.